The molecule has 8 aromatic rings. The van der Waals surface area contributed by atoms with E-state index in [1.807, 2.05) is 24.3 Å². The molecule has 0 fully saturated rings. The summed E-state index contributed by atoms with van der Waals surface area (Å²) in [5.41, 5.74) is 11.3. The van der Waals surface area contributed by atoms with E-state index < -0.39 is 0 Å². The van der Waals surface area contributed by atoms with E-state index in [2.05, 4.69) is 122 Å². The quantitative estimate of drug-likeness (QED) is 0.220. The average Bonchev–Trinajstić information content (AvgIpc) is 3.47. The van der Waals surface area contributed by atoms with Crippen molar-refractivity contribution in [3.05, 3.63) is 139 Å². The zero-order valence-corrected chi connectivity index (χ0v) is 23.5. The average molecular weight is 538 g/mol. The van der Waals surface area contributed by atoms with Crippen LogP contribution in [0, 0.1) is 0 Å². The first-order valence-electron chi connectivity index (χ1n) is 14.5. The van der Waals surface area contributed by atoms with Crippen molar-refractivity contribution in [3.63, 3.8) is 0 Å². The van der Waals surface area contributed by atoms with Gasteiger partial charge in [0.15, 0.2) is 5.82 Å². The molecule has 2 aromatic heterocycles. The molecule has 3 heteroatoms. The van der Waals surface area contributed by atoms with Crippen LogP contribution in [0.2, 0.25) is 0 Å². The van der Waals surface area contributed by atoms with Crippen LogP contribution in [-0.2, 0) is 5.41 Å². The van der Waals surface area contributed by atoms with Crippen molar-refractivity contribution in [2.45, 2.75) is 19.3 Å². The van der Waals surface area contributed by atoms with Crippen molar-refractivity contribution in [2.24, 2.45) is 0 Å². The van der Waals surface area contributed by atoms with Gasteiger partial charge in [-0.1, -0.05) is 111 Å². The fourth-order valence-electron chi connectivity index (χ4n) is 7.23. The van der Waals surface area contributed by atoms with Gasteiger partial charge in [0, 0.05) is 21.8 Å². The van der Waals surface area contributed by atoms with Crippen LogP contribution in [0.5, 0.6) is 0 Å². The standard InChI is InChI=1S/C39H27N3/c1-39(2)30-17-9-8-16-27(30)28-20-21-33-35(36(28)39)29-22-25-14-6-7-15-26(25)23-34(29)42(33)38-37(24-12-4-3-5-13-24)40-31-18-10-11-19-32(31)41-38/h3-23H,1-2H3. The van der Waals surface area contributed by atoms with Gasteiger partial charge in [-0.3, -0.25) is 4.57 Å². The number of nitrogens with zero attached hydrogens (tertiary/aromatic N) is 3. The van der Waals surface area contributed by atoms with Gasteiger partial charge in [0.25, 0.3) is 0 Å². The molecule has 0 N–H and O–H groups in total. The highest BCUT2D eigenvalue weighted by molar-refractivity contribution is 6.17. The van der Waals surface area contributed by atoms with Gasteiger partial charge in [-0.25, -0.2) is 9.97 Å². The summed E-state index contributed by atoms with van der Waals surface area (Å²) < 4.78 is 2.36. The van der Waals surface area contributed by atoms with Crippen LogP contribution < -0.4 is 0 Å². The van der Waals surface area contributed by atoms with E-state index >= 15 is 0 Å². The van der Waals surface area contributed by atoms with Crippen molar-refractivity contribution >= 4 is 43.6 Å². The second kappa shape index (κ2) is 8.37. The first-order chi connectivity index (χ1) is 20.6. The molecule has 1 aliphatic rings. The fourth-order valence-corrected chi connectivity index (χ4v) is 7.23. The molecule has 1 aliphatic carbocycles. The van der Waals surface area contributed by atoms with Gasteiger partial charge >= 0.3 is 0 Å². The van der Waals surface area contributed by atoms with Gasteiger partial charge in [0.05, 0.1) is 22.1 Å². The molecule has 6 aromatic carbocycles. The van der Waals surface area contributed by atoms with E-state index in [9.17, 15) is 0 Å². The first-order valence-corrected chi connectivity index (χ1v) is 14.5. The largest absolute Gasteiger partial charge is 0.292 e. The third-order valence-corrected chi connectivity index (χ3v) is 9.13. The molecule has 2 heterocycles. The SMILES string of the molecule is CC1(C)c2ccccc2-c2ccc3c(c21)c1cc2ccccc2cc1n3-c1nc2ccccc2nc1-c1ccccc1. The summed E-state index contributed by atoms with van der Waals surface area (Å²) in [6.45, 7) is 4.74. The zero-order chi connectivity index (χ0) is 28.0. The van der Waals surface area contributed by atoms with Gasteiger partial charge in [-0.15, -0.1) is 0 Å². The maximum atomic E-state index is 5.34. The first kappa shape index (κ1) is 23.4. The second-order valence-corrected chi connectivity index (χ2v) is 11.9. The monoisotopic (exact) mass is 537 g/mol. The summed E-state index contributed by atoms with van der Waals surface area (Å²) >= 11 is 0. The lowest BCUT2D eigenvalue weighted by atomic mass is 9.80. The number of benzene rings is 6. The molecule has 0 radical (unpaired) electrons. The molecule has 3 nitrogen and oxygen atoms in total. The summed E-state index contributed by atoms with van der Waals surface area (Å²) in [5.74, 6) is 0.850. The number of para-hydroxylation sites is 2. The number of hydrogen-bond acceptors (Lipinski definition) is 2. The molecule has 0 aliphatic heterocycles. The number of fused-ring (bicyclic) bond motifs is 9. The number of rotatable bonds is 2. The summed E-state index contributed by atoms with van der Waals surface area (Å²) in [7, 11) is 0. The minimum atomic E-state index is -0.145. The third-order valence-electron chi connectivity index (χ3n) is 9.13. The predicted octanol–water partition coefficient (Wildman–Crippen LogP) is 9.85. The van der Waals surface area contributed by atoms with Crippen LogP contribution in [-0.4, -0.2) is 14.5 Å². The zero-order valence-electron chi connectivity index (χ0n) is 23.5. The Hall–Kier alpha value is -5.28. The Kier molecular flexibility index (Phi) is 4.67. The molecule has 0 atom stereocenters. The third kappa shape index (κ3) is 3.11. The summed E-state index contributed by atoms with van der Waals surface area (Å²) in [5, 5.41) is 4.99. The molecule has 0 unspecified atom stereocenters. The van der Waals surface area contributed by atoms with Crippen molar-refractivity contribution in [1.82, 2.24) is 14.5 Å². The van der Waals surface area contributed by atoms with E-state index in [1.165, 1.54) is 43.8 Å². The lowest BCUT2D eigenvalue weighted by Gasteiger charge is -2.22. The van der Waals surface area contributed by atoms with E-state index in [0.29, 0.717) is 0 Å². The Morgan fingerprint density at radius 3 is 2.05 bits per heavy atom. The summed E-state index contributed by atoms with van der Waals surface area (Å²) in [6, 6.07) is 45.5. The maximum Gasteiger partial charge on any atom is 0.165 e. The van der Waals surface area contributed by atoms with Gasteiger partial charge < -0.3 is 0 Å². The highest BCUT2D eigenvalue weighted by atomic mass is 15.1. The molecular weight excluding hydrogens is 510 g/mol. The van der Waals surface area contributed by atoms with Crippen LogP contribution >= 0.6 is 0 Å². The van der Waals surface area contributed by atoms with Crippen molar-refractivity contribution in [3.8, 4) is 28.2 Å². The van der Waals surface area contributed by atoms with Crippen LogP contribution in [0.3, 0.4) is 0 Å². The molecule has 0 saturated carbocycles. The van der Waals surface area contributed by atoms with Gasteiger partial charge in [0.2, 0.25) is 0 Å². The lowest BCUT2D eigenvalue weighted by Crippen LogP contribution is -2.15. The second-order valence-electron chi connectivity index (χ2n) is 11.9. The molecule has 9 rings (SSSR count). The Bertz CT molecular complexity index is 2380. The van der Waals surface area contributed by atoms with Gasteiger partial charge in [0.1, 0.15) is 5.69 Å². The lowest BCUT2D eigenvalue weighted by molar-refractivity contribution is 0.666. The number of aromatic nitrogens is 3. The van der Waals surface area contributed by atoms with E-state index in [1.54, 1.807) is 0 Å². The van der Waals surface area contributed by atoms with Gasteiger partial charge in [-0.2, -0.15) is 0 Å². The molecular formula is C39H27N3. The van der Waals surface area contributed by atoms with Crippen LogP contribution in [0.25, 0.3) is 71.8 Å². The molecule has 0 spiro atoms. The van der Waals surface area contributed by atoms with Crippen molar-refractivity contribution in [1.29, 1.82) is 0 Å². The summed E-state index contributed by atoms with van der Waals surface area (Å²) in [4.78, 5) is 10.6. The van der Waals surface area contributed by atoms with Crippen LogP contribution in [0.1, 0.15) is 25.0 Å². The predicted molar refractivity (Wildman–Crippen MR) is 174 cm³/mol. The highest BCUT2D eigenvalue weighted by Crippen LogP contribution is 2.53. The van der Waals surface area contributed by atoms with Crippen molar-refractivity contribution < 1.29 is 0 Å². The van der Waals surface area contributed by atoms with Crippen molar-refractivity contribution in [2.75, 3.05) is 0 Å². The fraction of sp³-hybridized carbons (Fsp3) is 0.0769. The number of hydrogen-bond donors (Lipinski definition) is 0. The Labute approximate surface area is 243 Å². The van der Waals surface area contributed by atoms with E-state index in [-0.39, 0.29) is 5.41 Å². The smallest absolute Gasteiger partial charge is 0.165 e. The van der Waals surface area contributed by atoms with E-state index in [0.717, 1.165) is 39.1 Å². The minimum Gasteiger partial charge on any atom is -0.292 e. The summed E-state index contributed by atoms with van der Waals surface area (Å²) in [6.07, 6.45) is 0. The van der Waals surface area contributed by atoms with Crippen LogP contribution in [0.4, 0.5) is 0 Å². The maximum absolute atomic E-state index is 5.34. The Morgan fingerprint density at radius 1 is 0.571 bits per heavy atom. The molecule has 0 bridgehead atoms. The molecule has 42 heavy (non-hydrogen) atoms. The topological polar surface area (TPSA) is 30.7 Å². The highest BCUT2D eigenvalue weighted by Gasteiger charge is 2.38. The van der Waals surface area contributed by atoms with E-state index in [4.69, 9.17) is 9.97 Å². The Balaban J connectivity index is 1.49. The Morgan fingerprint density at radius 2 is 1.24 bits per heavy atom. The van der Waals surface area contributed by atoms with Crippen LogP contribution in [0.15, 0.2) is 127 Å². The molecule has 0 saturated heterocycles. The molecule has 0 amide bonds. The van der Waals surface area contributed by atoms with Gasteiger partial charge in [-0.05, 0) is 63.4 Å². The molecule has 198 valence electrons. The minimum absolute atomic E-state index is 0.145. The normalized spacial score (nSPS) is 13.7.